The van der Waals surface area contributed by atoms with Gasteiger partial charge in [0.05, 0.1) is 5.69 Å². The van der Waals surface area contributed by atoms with E-state index >= 15 is 0 Å². The Morgan fingerprint density at radius 1 is 1.30 bits per heavy atom. The first kappa shape index (κ1) is 17.3. The molecular weight excluding hydrogens is 312 g/mol. The summed E-state index contributed by atoms with van der Waals surface area (Å²) < 4.78 is 5.28. The zero-order chi connectivity index (χ0) is 16.7. The molecule has 5 nitrogen and oxygen atoms in total. The van der Waals surface area contributed by atoms with E-state index in [2.05, 4.69) is 34.2 Å². The Morgan fingerprint density at radius 3 is 2.65 bits per heavy atom. The number of hydrogen-bond donors (Lipinski definition) is 1. The van der Waals surface area contributed by atoms with E-state index in [1.54, 1.807) is 0 Å². The predicted octanol–water partition coefficient (Wildman–Crippen LogP) is 3.49. The van der Waals surface area contributed by atoms with Crippen molar-refractivity contribution in [3.8, 4) is 0 Å². The summed E-state index contributed by atoms with van der Waals surface area (Å²) in [6, 6.07) is 9.79. The van der Waals surface area contributed by atoms with Crippen molar-refractivity contribution < 1.29 is 4.52 Å². The van der Waals surface area contributed by atoms with Gasteiger partial charge in [-0.2, -0.15) is 0 Å². The Bertz CT molecular complexity index is 636. The third-order valence-electron chi connectivity index (χ3n) is 3.38. The van der Waals surface area contributed by atoms with Gasteiger partial charge in [0.25, 0.3) is 0 Å². The maximum Gasteiger partial charge on any atom is 0.194 e. The third kappa shape index (κ3) is 5.28. The third-order valence-corrected chi connectivity index (χ3v) is 3.64. The number of benzene rings is 1. The smallest absolute Gasteiger partial charge is 0.194 e. The lowest BCUT2D eigenvalue weighted by atomic mass is 10.2. The molecule has 2 aromatic rings. The quantitative estimate of drug-likeness (QED) is 0.649. The second-order valence-corrected chi connectivity index (χ2v) is 5.73. The molecule has 124 valence electrons. The summed E-state index contributed by atoms with van der Waals surface area (Å²) >= 11 is 5.93. The summed E-state index contributed by atoms with van der Waals surface area (Å²) in [6.07, 6.45) is 0.865. The normalized spacial score (nSPS) is 11.6. The van der Waals surface area contributed by atoms with Crippen LogP contribution in [0.1, 0.15) is 30.9 Å². The average molecular weight is 335 g/mol. The van der Waals surface area contributed by atoms with Crippen LogP contribution in [-0.2, 0) is 19.5 Å². The standard InChI is InChI=1S/C17H23ClN4O/c1-4-15-10-16(23-21-15)11-20-17(19-5-2)22(3)12-13-6-8-14(18)9-7-13/h6-10H,4-5,11-12H2,1-3H3,(H,19,20). The number of rotatable bonds is 6. The Morgan fingerprint density at radius 2 is 2.04 bits per heavy atom. The highest BCUT2D eigenvalue weighted by molar-refractivity contribution is 6.30. The highest BCUT2D eigenvalue weighted by Crippen LogP contribution is 2.11. The molecule has 2 rings (SSSR count). The van der Waals surface area contributed by atoms with Gasteiger partial charge >= 0.3 is 0 Å². The molecule has 0 aliphatic rings. The van der Waals surface area contributed by atoms with Gasteiger partial charge < -0.3 is 14.7 Å². The molecule has 0 amide bonds. The van der Waals surface area contributed by atoms with Crippen molar-refractivity contribution >= 4 is 17.6 Å². The lowest BCUT2D eigenvalue weighted by Gasteiger charge is -2.22. The van der Waals surface area contributed by atoms with Crippen molar-refractivity contribution in [2.24, 2.45) is 4.99 Å². The molecule has 6 heteroatoms. The minimum atomic E-state index is 0.473. The summed E-state index contributed by atoms with van der Waals surface area (Å²) in [4.78, 5) is 6.69. The monoisotopic (exact) mass is 334 g/mol. The first-order valence-electron chi connectivity index (χ1n) is 7.80. The van der Waals surface area contributed by atoms with E-state index in [0.29, 0.717) is 6.54 Å². The molecule has 0 atom stereocenters. The van der Waals surface area contributed by atoms with Crippen LogP contribution in [0, 0.1) is 0 Å². The van der Waals surface area contributed by atoms with Crippen LogP contribution in [0.3, 0.4) is 0 Å². The van der Waals surface area contributed by atoms with E-state index in [9.17, 15) is 0 Å². The molecule has 1 N–H and O–H groups in total. The first-order chi connectivity index (χ1) is 11.1. The van der Waals surface area contributed by atoms with Gasteiger partial charge in [0, 0.05) is 31.2 Å². The van der Waals surface area contributed by atoms with Crippen LogP contribution in [0.25, 0.3) is 0 Å². The molecule has 0 saturated heterocycles. The molecule has 0 saturated carbocycles. The maximum absolute atomic E-state index is 5.93. The summed E-state index contributed by atoms with van der Waals surface area (Å²) in [6.45, 7) is 6.13. The number of nitrogens with one attached hydrogen (secondary N) is 1. The molecule has 1 heterocycles. The van der Waals surface area contributed by atoms with E-state index in [1.807, 2.05) is 37.4 Å². The van der Waals surface area contributed by atoms with Crippen molar-refractivity contribution in [3.05, 3.63) is 52.4 Å². The Kier molecular flexibility index (Phi) is 6.47. The van der Waals surface area contributed by atoms with Crippen molar-refractivity contribution in [2.45, 2.75) is 33.4 Å². The van der Waals surface area contributed by atoms with Crippen LogP contribution in [0.2, 0.25) is 5.02 Å². The highest BCUT2D eigenvalue weighted by Gasteiger charge is 2.08. The van der Waals surface area contributed by atoms with Crippen molar-refractivity contribution in [2.75, 3.05) is 13.6 Å². The molecule has 0 spiro atoms. The predicted molar refractivity (Wildman–Crippen MR) is 93.6 cm³/mol. The zero-order valence-electron chi connectivity index (χ0n) is 13.8. The Labute approximate surface area is 142 Å². The lowest BCUT2D eigenvalue weighted by molar-refractivity contribution is 0.378. The molecule has 0 fully saturated rings. The summed E-state index contributed by atoms with van der Waals surface area (Å²) in [5.74, 6) is 1.61. The van der Waals surface area contributed by atoms with Crippen LogP contribution in [0.5, 0.6) is 0 Å². The van der Waals surface area contributed by atoms with Gasteiger partial charge in [0.15, 0.2) is 11.7 Å². The molecule has 0 radical (unpaired) electrons. The van der Waals surface area contributed by atoms with Crippen molar-refractivity contribution in [1.29, 1.82) is 0 Å². The van der Waals surface area contributed by atoms with Gasteiger partial charge in [0.1, 0.15) is 6.54 Å². The highest BCUT2D eigenvalue weighted by atomic mass is 35.5. The summed E-state index contributed by atoms with van der Waals surface area (Å²) in [5, 5.41) is 8.03. The zero-order valence-corrected chi connectivity index (χ0v) is 14.6. The second-order valence-electron chi connectivity index (χ2n) is 5.29. The van der Waals surface area contributed by atoms with Crippen molar-refractivity contribution in [1.82, 2.24) is 15.4 Å². The molecule has 0 aliphatic heterocycles. The number of halogens is 1. The van der Waals surface area contributed by atoms with Gasteiger partial charge in [-0.05, 0) is 31.0 Å². The van der Waals surface area contributed by atoms with Crippen LogP contribution in [0.4, 0.5) is 0 Å². The number of guanidine groups is 1. The number of aliphatic imine (C=N–C) groups is 1. The topological polar surface area (TPSA) is 53.7 Å². The molecule has 1 aromatic heterocycles. The van der Waals surface area contributed by atoms with Gasteiger partial charge in [-0.1, -0.05) is 35.8 Å². The molecule has 0 aliphatic carbocycles. The van der Waals surface area contributed by atoms with Crippen LogP contribution < -0.4 is 5.32 Å². The van der Waals surface area contributed by atoms with Crippen LogP contribution in [-0.4, -0.2) is 29.6 Å². The molecule has 0 bridgehead atoms. The van der Waals surface area contributed by atoms with E-state index in [-0.39, 0.29) is 0 Å². The Balaban J connectivity index is 2.03. The molecular formula is C17H23ClN4O. The SMILES string of the molecule is CCNC(=NCc1cc(CC)no1)N(C)Cc1ccc(Cl)cc1. The fourth-order valence-electron chi connectivity index (χ4n) is 2.16. The maximum atomic E-state index is 5.93. The number of nitrogens with zero attached hydrogens (tertiary/aromatic N) is 3. The van der Waals surface area contributed by atoms with Crippen molar-refractivity contribution in [3.63, 3.8) is 0 Å². The number of aryl methyl sites for hydroxylation is 1. The lowest BCUT2D eigenvalue weighted by Crippen LogP contribution is -2.38. The minimum absolute atomic E-state index is 0.473. The second kappa shape index (κ2) is 8.58. The van der Waals surface area contributed by atoms with Gasteiger partial charge in [-0.25, -0.2) is 4.99 Å². The van der Waals surface area contributed by atoms with Crippen LogP contribution >= 0.6 is 11.6 Å². The van der Waals surface area contributed by atoms with E-state index in [4.69, 9.17) is 16.1 Å². The fraction of sp³-hybridized carbons (Fsp3) is 0.412. The number of hydrogen-bond acceptors (Lipinski definition) is 3. The van der Waals surface area contributed by atoms with Gasteiger partial charge in [-0.15, -0.1) is 0 Å². The van der Waals surface area contributed by atoms with Gasteiger partial charge in [0.2, 0.25) is 0 Å². The van der Waals surface area contributed by atoms with Crippen LogP contribution in [0.15, 0.2) is 39.8 Å². The average Bonchev–Trinajstić information content (AvgIpc) is 3.01. The molecule has 1 aromatic carbocycles. The molecule has 0 unspecified atom stereocenters. The fourth-order valence-corrected chi connectivity index (χ4v) is 2.28. The van der Waals surface area contributed by atoms with Gasteiger partial charge in [-0.3, -0.25) is 0 Å². The first-order valence-corrected chi connectivity index (χ1v) is 8.18. The largest absolute Gasteiger partial charge is 0.359 e. The summed E-state index contributed by atoms with van der Waals surface area (Å²) in [7, 11) is 2.01. The van der Waals surface area contributed by atoms with E-state index < -0.39 is 0 Å². The van der Waals surface area contributed by atoms with E-state index in [1.165, 1.54) is 5.56 Å². The Hall–Kier alpha value is -2.01. The number of aromatic nitrogens is 1. The minimum Gasteiger partial charge on any atom is -0.359 e. The van der Waals surface area contributed by atoms with E-state index in [0.717, 1.165) is 41.9 Å². The summed E-state index contributed by atoms with van der Waals surface area (Å²) in [5.41, 5.74) is 2.13. The molecule has 23 heavy (non-hydrogen) atoms.